The van der Waals surface area contributed by atoms with E-state index in [1.807, 2.05) is 44.8 Å². The molecular weight excluding hydrogens is 294 g/mol. The number of ether oxygens (including phenoxy) is 1. The second-order valence-corrected chi connectivity index (χ2v) is 7.05. The Morgan fingerprint density at radius 1 is 1.43 bits per heavy atom. The first-order valence-electron chi connectivity index (χ1n) is 8.19. The SMILES string of the molecule is Cn1nccc1CCN1CCN(C(=O)OC(C)(C)C)CC1CN. The summed E-state index contributed by atoms with van der Waals surface area (Å²) >= 11 is 0. The second kappa shape index (κ2) is 7.31. The molecule has 0 aromatic carbocycles. The highest BCUT2D eigenvalue weighted by atomic mass is 16.6. The second-order valence-electron chi connectivity index (χ2n) is 7.05. The monoisotopic (exact) mass is 323 g/mol. The summed E-state index contributed by atoms with van der Waals surface area (Å²) in [4.78, 5) is 16.3. The van der Waals surface area contributed by atoms with Gasteiger partial charge in [-0.2, -0.15) is 5.10 Å². The summed E-state index contributed by atoms with van der Waals surface area (Å²) in [5, 5.41) is 4.19. The molecule has 1 atom stereocenters. The molecule has 1 amide bonds. The molecule has 1 fully saturated rings. The lowest BCUT2D eigenvalue weighted by molar-refractivity contribution is 0.00492. The Bertz CT molecular complexity index is 523. The zero-order valence-corrected chi connectivity index (χ0v) is 14.7. The minimum Gasteiger partial charge on any atom is -0.444 e. The molecule has 0 radical (unpaired) electrons. The zero-order chi connectivity index (χ0) is 17.0. The number of carbonyl (C=O) groups is 1. The maximum Gasteiger partial charge on any atom is 0.410 e. The summed E-state index contributed by atoms with van der Waals surface area (Å²) < 4.78 is 7.35. The number of nitrogens with zero attached hydrogens (tertiary/aromatic N) is 4. The van der Waals surface area contributed by atoms with Crippen LogP contribution in [-0.4, -0.2) is 70.0 Å². The van der Waals surface area contributed by atoms with Crippen LogP contribution in [0.15, 0.2) is 12.3 Å². The molecule has 1 aromatic heterocycles. The van der Waals surface area contributed by atoms with Crippen LogP contribution in [0.1, 0.15) is 26.5 Å². The van der Waals surface area contributed by atoms with Crippen LogP contribution in [0.5, 0.6) is 0 Å². The summed E-state index contributed by atoms with van der Waals surface area (Å²) in [5.74, 6) is 0. The van der Waals surface area contributed by atoms with Crippen molar-refractivity contribution in [2.45, 2.75) is 38.8 Å². The number of amides is 1. The molecule has 7 heteroatoms. The predicted molar refractivity (Wildman–Crippen MR) is 89.1 cm³/mol. The highest BCUT2D eigenvalue weighted by molar-refractivity contribution is 5.68. The topological polar surface area (TPSA) is 76.6 Å². The van der Waals surface area contributed by atoms with Crippen LogP contribution in [0, 0.1) is 0 Å². The van der Waals surface area contributed by atoms with Crippen LogP contribution in [-0.2, 0) is 18.2 Å². The molecule has 0 aliphatic carbocycles. The highest BCUT2D eigenvalue weighted by Gasteiger charge is 2.31. The zero-order valence-electron chi connectivity index (χ0n) is 14.7. The van der Waals surface area contributed by atoms with Crippen LogP contribution in [0.25, 0.3) is 0 Å². The van der Waals surface area contributed by atoms with Gasteiger partial charge in [0.05, 0.1) is 0 Å². The maximum absolute atomic E-state index is 12.2. The molecular formula is C16H29N5O2. The van der Waals surface area contributed by atoms with Crippen molar-refractivity contribution in [3.63, 3.8) is 0 Å². The molecule has 2 heterocycles. The molecule has 1 saturated heterocycles. The number of hydrogen-bond donors (Lipinski definition) is 1. The molecule has 2 rings (SSSR count). The fourth-order valence-electron chi connectivity index (χ4n) is 2.81. The van der Waals surface area contributed by atoms with Crippen molar-refractivity contribution >= 4 is 6.09 Å². The van der Waals surface area contributed by atoms with Crippen LogP contribution >= 0.6 is 0 Å². The van der Waals surface area contributed by atoms with Crippen LogP contribution < -0.4 is 5.73 Å². The van der Waals surface area contributed by atoms with Gasteiger partial charge in [0.25, 0.3) is 0 Å². The summed E-state index contributed by atoms with van der Waals surface area (Å²) in [6.45, 7) is 9.22. The normalized spacial score (nSPS) is 19.9. The quantitative estimate of drug-likeness (QED) is 0.889. The van der Waals surface area contributed by atoms with Gasteiger partial charge in [-0.1, -0.05) is 0 Å². The third-order valence-electron chi connectivity index (χ3n) is 4.11. The van der Waals surface area contributed by atoms with Gasteiger partial charge in [0.2, 0.25) is 0 Å². The van der Waals surface area contributed by atoms with Crippen molar-refractivity contribution in [3.8, 4) is 0 Å². The molecule has 7 nitrogen and oxygen atoms in total. The Hall–Kier alpha value is -1.60. The lowest BCUT2D eigenvalue weighted by atomic mass is 10.1. The molecule has 1 aliphatic rings. The first-order chi connectivity index (χ1) is 10.8. The van der Waals surface area contributed by atoms with Crippen molar-refractivity contribution in [1.82, 2.24) is 19.6 Å². The van der Waals surface area contributed by atoms with Gasteiger partial charge in [0.1, 0.15) is 5.60 Å². The Morgan fingerprint density at radius 3 is 2.74 bits per heavy atom. The van der Waals surface area contributed by atoms with Crippen molar-refractivity contribution < 1.29 is 9.53 Å². The van der Waals surface area contributed by atoms with Gasteiger partial charge in [0.15, 0.2) is 0 Å². The molecule has 0 spiro atoms. The molecule has 1 unspecified atom stereocenters. The molecule has 23 heavy (non-hydrogen) atoms. The van der Waals surface area contributed by atoms with Crippen LogP contribution in [0.3, 0.4) is 0 Å². The van der Waals surface area contributed by atoms with Gasteiger partial charge in [-0.25, -0.2) is 4.79 Å². The number of aromatic nitrogens is 2. The Kier molecular flexibility index (Phi) is 5.64. The fourth-order valence-corrected chi connectivity index (χ4v) is 2.81. The minimum atomic E-state index is -0.466. The number of carbonyl (C=O) groups excluding carboxylic acids is 1. The van der Waals surface area contributed by atoms with Crippen LogP contribution in [0.2, 0.25) is 0 Å². The van der Waals surface area contributed by atoms with Gasteiger partial charge < -0.3 is 15.4 Å². The average molecular weight is 323 g/mol. The molecule has 0 bridgehead atoms. The van der Waals surface area contributed by atoms with E-state index in [2.05, 4.69) is 10.00 Å². The standard InChI is InChI=1S/C16H29N5O2/c1-16(2,3)23-15(22)21-10-9-20(14(11-17)12-21)8-6-13-5-7-18-19(13)4/h5,7,14H,6,8-12,17H2,1-4H3. The molecule has 1 aliphatic heterocycles. The van der Waals surface area contributed by atoms with Gasteiger partial charge in [-0.05, 0) is 26.8 Å². The van der Waals surface area contributed by atoms with E-state index in [4.69, 9.17) is 10.5 Å². The van der Waals surface area contributed by atoms with E-state index in [0.29, 0.717) is 19.6 Å². The average Bonchev–Trinajstić information content (AvgIpc) is 2.88. The van der Waals surface area contributed by atoms with E-state index in [1.54, 1.807) is 4.90 Å². The number of rotatable bonds is 4. The maximum atomic E-state index is 12.2. The summed E-state index contributed by atoms with van der Waals surface area (Å²) in [5.41, 5.74) is 6.66. The van der Waals surface area contributed by atoms with Gasteiger partial charge in [-0.15, -0.1) is 0 Å². The Labute approximate surface area is 138 Å². The van der Waals surface area contributed by atoms with Crippen molar-refractivity contribution in [2.24, 2.45) is 12.8 Å². The van der Waals surface area contributed by atoms with E-state index in [0.717, 1.165) is 19.5 Å². The lowest BCUT2D eigenvalue weighted by Crippen LogP contribution is -2.58. The number of piperazine rings is 1. The predicted octanol–water partition coefficient (Wildman–Crippen LogP) is 0.843. The number of nitrogens with two attached hydrogens (primary N) is 1. The first kappa shape index (κ1) is 17.7. The van der Waals surface area contributed by atoms with Crippen molar-refractivity contribution in [3.05, 3.63) is 18.0 Å². The smallest absolute Gasteiger partial charge is 0.410 e. The summed E-state index contributed by atoms with van der Waals surface area (Å²) in [6, 6.07) is 2.21. The third kappa shape index (κ3) is 4.94. The minimum absolute atomic E-state index is 0.171. The van der Waals surface area contributed by atoms with E-state index < -0.39 is 5.60 Å². The Morgan fingerprint density at radius 2 is 2.17 bits per heavy atom. The van der Waals surface area contributed by atoms with Gasteiger partial charge >= 0.3 is 6.09 Å². The molecule has 0 saturated carbocycles. The first-order valence-corrected chi connectivity index (χ1v) is 8.19. The summed E-state index contributed by atoms with van der Waals surface area (Å²) in [6.07, 6.45) is 2.50. The Balaban J connectivity index is 1.88. The molecule has 1 aromatic rings. The van der Waals surface area contributed by atoms with E-state index in [1.165, 1.54) is 5.69 Å². The van der Waals surface area contributed by atoms with Gasteiger partial charge in [-0.3, -0.25) is 9.58 Å². The van der Waals surface area contributed by atoms with Crippen molar-refractivity contribution in [1.29, 1.82) is 0 Å². The summed E-state index contributed by atoms with van der Waals surface area (Å²) in [7, 11) is 1.95. The largest absolute Gasteiger partial charge is 0.444 e. The molecule has 2 N–H and O–H groups in total. The number of hydrogen-bond acceptors (Lipinski definition) is 5. The van der Waals surface area contributed by atoms with E-state index >= 15 is 0 Å². The lowest BCUT2D eigenvalue weighted by Gasteiger charge is -2.41. The number of aryl methyl sites for hydroxylation is 1. The van der Waals surface area contributed by atoms with E-state index in [9.17, 15) is 4.79 Å². The van der Waals surface area contributed by atoms with Crippen LogP contribution in [0.4, 0.5) is 4.79 Å². The van der Waals surface area contributed by atoms with Gasteiger partial charge in [0, 0.05) is 64.1 Å². The molecule has 130 valence electrons. The third-order valence-corrected chi connectivity index (χ3v) is 4.11. The fraction of sp³-hybridized carbons (Fsp3) is 0.750. The highest BCUT2D eigenvalue weighted by Crippen LogP contribution is 2.15. The van der Waals surface area contributed by atoms with Crippen molar-refractivity contribution in [2.75, 3.05) is 32.7 Å². The van der Waals surface area contributed by atoms with E-state index in [-0.39, 0.29) is 12.1 Å².